The fraction of sp³-hybridized carbons (Fsp3) is 0.438. The molecule has 0 N–H and O–H groups in total. The Morgan fingerprint density at radius 3 is 2.76 bits per heavy atom. The molecule has 5 heteroatoms. The lowest BCUT2D eigenvalue weighted by Crippen LogP contribution is -2.09. The van der Waals surface area contributed by atoms with E-state index in [0.717, 1.165) is 18.4 Å². The van der Waals surface area contributed by atoms with Gasteiger partial charge in [0.25, 0.3) is 0 Å². The van der Waals surface area contributed by atoms with E-state index in [1.54, 1.807) is 4.68 Å². The third-order valence-corrected chi connectivity index (χ3v) is 4.48. The van der Waals surface area contributed by atoms with Crippen LogP contribution in [-0.2, 0) is 6.42 Å². The number of benzene rings is 1. The molecule has 0 unspecified atom stereocenters. The van der Waals surface area contributed by atoms with Gasteiger partial charge in [-0.2, -0.15) is 10.4 Å². The van der Waals surface area contributed by atoms with Gasteiger partial charge in [0.05, 0.1) is 17.5 Å². The molecule has 2 heterocycles. The quantitative estimate of drug-likeness (QED) is 0.869. The monoisotopic (exact) mass is 282 g/mol. The van der Waals surface area contributed by atoms with Crippen LogP contribution < -0.4 is 0 Å². The van der Waals surface area contributed by atoms with E-state index in [-0.39, 0.29) is 11.5 Å². The summed E-state index contributed by atoms with van der Waals surface area (Å²) in [7, 11) is 0. The van der Waals surface area contributed by atoms with E-state index in [1.807, 2.05) is 30.3 Å². The van der Waals surface area contributed by atoms with Gasteiger partial charge >= 0.3 is 0 Å². The molecule has 21 heavy (non-hydrogen) atoms. The molecule has 1 aliphatic heterocycles. The number of nitrogens with zero attached hydrogens (tertiary/aromatic N) is 4. The second-order valence-corrected chi connectivity index (χ2v) is 6.03. The van der Waals surface area contributed by atoms with Crippen LogP contribution in [-0.4, -0.2) is 14.8 Å². The number of fused-ring (bicyclic) bond motifs is 1. The van der Waals surface area contributed by atoms with Crippen LogP contribution in [0, 0.1) is 16.7 Å². The Kier molecular flexibility index (Phi) is 2.61. The molecule has 4 rings (SSSR count). The molecule has 0 saturated heterocycles. The summed E-state index contributed by atoms with van der Waals surface area (Å²) in [6.07, 6.45) is 1.65. The Balaban J connectivity index is 1.67. The molecule has 1 aromatic heterocycles. The molecular formula is C16H15FN4. The van der Waals surface area contributed by atoms with E-state index in [0.29, 0.717) is 24.5 Å². The zero-order valence-electron chi connectivity index (χ0n) is 11.5. The maximum Gasteiger partial charge on any atom is 0.162 e. The number of nitriles is 1. The maximum absolute atomic E-state index is 14.2. The second-order valence-electron chi connectivity index (χ2n) is 6.03. The molecule has 1 aromatic carbocycles. The fourth-order valence-corrected chi connectivity index (χ4v) is 3.03. The highest BCUT2D eigenvalue weighted by Gasteiger charge is 2.45. The van der Waals surface area contributed by atoms with Crippen LogP contribution in [0.3, 0.4) is 0 Å². The maximum atomic E-state index is 14.2. The number of alkyl halides is 1. The Hall–Kier alpha value is -2.22. The average molecular weight is 282 g/mol. The van der Waals surface area contributed by atoms with E-state index < -0.39 is 6.17 Å². The smallest absolute Gasteiger partial charge is 0.162 e. The molecule has 1 aliphatic carbocycles. The third kappa shape index (κ3) is 2.02. The summed E-state index contributed by atoms with van der Waals surface area (Å²) in [6, 6.07) is 12.1. The molecule has 2 aliphatic rings. The van der Waals surface area contributed by atoms with Crippen LogP contribution in [0.5, 0.6) is 0 Å². The van der Waals surface area contributed by atoms with Gasteiger partial charge in [-0.15, -0.1) is 0 Å². The van der Waals surface area contributed by atoms with Gasteiger partial charge in [0, 0.05) is 12.8 Å². The lowest BCUT2D eigenvalue weighted by molar-refractivity contribution is 0.327. The van der Waals surface area contributed by atoms with Crippen LogP contribution in [0.25, 0.3) is 0 Å². The lowest BCUT2D eigenvalue weighted by atomic mass is 10.0. The molecule has 106 valence electrons. The van der Waals surface area contributed by atoms with Crippen LogP contribution in [0.15, 0.2) is 30.3 Å². The van der Waals surface area contributed by atoms with Crippen LogP contribution >= 0.6 is 0 Å². The van der Waals surface area contributed by atoms with Crippen molar-refractivity contribution in [2.45, 2.75) is 37.9 Å². The summed E-state index contributed by atoms with van der Waals surface area (Å²) >= 11 is 0. The molecule has 2 aromatic rings. The van der Waals surface area contributed by atoms with Crippen molar-refractivity contribution in [2.24, 2.45) is 5.41 Å². The Morgan fingerprint density at radius 1 is 1.33 bits per heavy atom. The average Bonchev–Trinajstić information content (AvgIpc) is 3.05. The Bertz CT molecular complexity index is 712. The molecular weight excluding hydrogens is 267 g/mol. The Morgan fingerprint density at radius 2 is 2.10 bits per heavy atom. The van der Waals surface area contributed by atoms with E-state index >= 15 is 0 Å². The van der Waals surface area contributed by atoms with Gasteiger partial charge in [-0.1, -0.05) is 30.3 Å². The molecule has 0 amide bonds. The molecule has 4 nitrogen and oxygen atoms in total. The van der Waals surface area contributed by atoms with Gasteiger partial charge in [0.2, 0.25) is 0 Å². The predicted molar refractivity (Wildman–Crippen MR) is 74.1 cm³/mol. The molecule has 1 saturated carbocycles. The van der Waals surface area contributed by atoms with Gasteiger partial charge in [0.15, 0.2) is 17.8 Å². The SMILES string of the molecule is N#CC1(Cc2nc3n(n2)[C@H](c2ccccc2)C[C@@H]3F)CC1. The van der Waals surface area contributed by atoms with Crippen molar-refractivity contribution in [2.75, 3.05) is 0 Å². The minimum atomic E-state index is -1.08. The highest BCUT2D eigenvalue weighted by molar-refractivity contribution is 5.24. The van der Waals surface area contributed by atoms with Crippen LogP contribution in [0.4, 0.5) is 4.39 Å². The van der Waals surface area contributed by atoms with Crippen molar-refractivity contribution in [1.29, 1.82) is 5.26 Å². The highest BCUT2D eigenvalue weighted by atomic mass is 19.1. The normalized spacial score (nSPS) is 25.3. The molecule has 0 spiro atoms. The summed E-state index contributed by atoms with van der Waals surface area (Å²) in [5.74, 6) is 1.01. The molecule has 1 fully saturated rings. The standard InChI is InChI=1S/C16H15FN4/c17-12-8-13(11-4-2-1-3-5-11)21-15(12)19-14(20-21)9-16(10-18)6-7-16/h1-5,12-13H,6-9H2/t12-,13-/m0/s1. The summed E-state index contributed by atoms with van der Waals surface area (Å²) in [6.45, 7) is 0. The van der Waals surface area contributed by atoms with Gasteiger partial charge in [-0.3, -0.25) is 0 Å². The van der Waals surface area contributed by atoms with E-state index in [9.17, 15) is 4.39 Å². The summed E-state index contributed by atoms with van der Waals surface area (Å²) in [5.41, 5.74) is 0.758. The molecule has 0 bridgehead atoms. The predicted octanol–water partition coefficient (Wildman–Crippen LogP) is 3.13. The van der Waals surface area contributed by atoms with Crippen molar-refractivity contribution >= 4 is 0 Å². The van der Waals surface area contributed by atoms with Crippen LogP contribution in [0.2, 0.25) is 0 Å². The number of hydrogen-bond donors (Lipinski definition) is 0. The molecule has 0 radical (unpaired) electrons. The van der Waals surface area contributed by atoms with E-state index in [4.69, 9.17) is 5.26 Å². The lowest BCUT2D eigenvalue weighted by Gasteiger charge is -2.11. The summed E-state index contributed by atoms with van der Waals surface area (Å²) in [5, 5.41) is 13.6. The zero-order chi connectivity index (χ0) is 14.4. The highest BCUT2D eigenvalue weighted by Crippen LogP contribution is 2.48. The summed E-state index contributed by atoms with van der Waals surface area (Å²) in [4.78, 5) is 4.35. The number of aromatic nitrogens is 3. The van der Waals surface area contributed by atoms with Crippen molar-refractivity contribution < 1.29 is 4.39 Å². The van der Waals surface area contributed by atoms with Crippen molar-refractivity contribution in [3.8, 4) is 6.07 Å². The first-order chi connectivity index (χ1) is 10.2. The van der Waals surface area contributed by atoms with Crippen molar-refractivity contribution in [3.63, 3.8) is 0 Å². The third-order valence-electron chi connectivity index (χ3n) is 4.48. The minimum absolute atomic E-state index is 0.0883. The van der Waals surface area contributed by atoms with Gasteiger partial charge in [-0.05, 0) is 18.4 Å². The zero-order valence-corrected chi connectivity index (χ0v) is 11.5. The topological polar surface area (TPSA) is 54.5 Å². The minimum Gasteiger partial charge on any atom is -0.239 e. The first-order valence-corrected chi connectivity index (χ1v) is 7.26. The largest absolute Gasteiger partial charge is 0.239 e. The second kappa shape index (κ2) is 4.39. The first kappa shape index (κ1) is 12.5. The number of rotatable bonds is 3. The molecule has 2 atom stereocenters. The van der Waals surface area contributed by atoms with E-state index in [2.05, 4.69) is 16.2 Å². The summed E-state index contributed by atoms with van der Waals surface area (Å²) < 4.78 is 15.9. The Labute approximate surface area is 122 Å². The van der Waals surface area contributed by atoms with E-state index in [1.165, 1.54) is 0 Å². The van der Waals surface area contributed by atoms with Gasteiger partial charge in [-0.25, -0.2) is 14.1 Å². The van der Waals surface area contributed by atoms with Crippen molar-refractivity contribution in [3.05, 3.63) is 47.5 Å². The fourth-order valence-electron chi connectivity index (χ4n) is 3.03. The van der Waals surface area contributed by atoms with Gasteiger partial charge in [0.1, 0.15) is 0 Å². The van der Waals surface area contributed by atoms with Gasteiger partial charge < -0.3 is 0 Å². The number of hydrogen-bond acceptors (Lipinski definition) is 3. The van der Waals surface area contributed by atoms with Crippen molar-refractivity contribution in [1.82, 2.24) is 14.8 Å². The first-order valence-electron chi connectivity index (χ1n) is 7.26. The van der Waals surface area contributed by atoms with Crippen LogP contribution in [0.1, 0.15) is 48.7 Å². The number of halogens is 1.